The molecular formula is C14H20F3N3O. The van der Waals surface area contributed by atoms with E-state index in [0.717, 1.165) is 6.07 Å². The second-order valence-electron chi connectivity index (χ2n) is 4.92. The first-order valence-corrected chi connectivity index (χ1v) is 6.49. The molecule has 0 atom stereocenters. The predicted octanol–water partition coefficient (Wildman–Crippen LogP) is 2.85. The van der Waals surface area contributed by atoms with Crippen LogP contribution in [0.15, 0.2) is 18.2 Å². The van der Waals surface area contributed by atoms with E-state index in [0.29, 0.717) is 18.8 Å². The lowest BCUT2D eigenvalue weighted by Gasteiger charge is -2.29. The monoisotopic (exact) mass is 303 g/mol. The number of methoxy groups -OCH3 is 1. The second-order valence-corrected chi connectivity index (χ2v) is 4.92. The Balaban J connectivity index is 3.26. The van der Waals surface area contributed by atoms with E-state index in [1.807, 2.05) is 18.7 Å². The van der Waals surface area contributed by atoms with Crippen LogP contribution in [-0.4, -0.2) is 32.1 Å². The Morgan fingerprint density at radius 1 is 1.38 bits per heavy atom. The van der Waals surface area contributed by atoms with Crippen molar-refractivity contribution in [2.45, 2.75) is 26.1 Å². The number of nitrogens with one attached hydrogen (secondary N) is 1. The van der Waals surface area contributed by atoms with Gasteiger partial charge in [0.1, 0.15) is 5.84 Å². The summed E-state index contributed by atoms with van der Waals surface area (Å²) in [5.41, 5.74) is 4.68. The van der Waals surface area contributed by atoms with Crippen LogP contribution in [0.5, 0.6) is 0 Å². The van der Waals surface area contributed by atoms with Crippen LogP contribution in [0.1, 0.15) is 25.0 Å². The summed E-state index contributed by atoms with van der Waals surface area (Å²) in [5, 5.41) is 7.37. The molecule has 1 rings (SSSR count). The van der Waals surface area contributed by atoms with E-state index in [9.17, 15) is 13.2 Å². The minimum Gasteiger partial charge on any atom is -0.384 e. The zero-order chi connectivity index (χ0) is 16.2. The van der Waals surface area contributed by atoms with Crippen LogP contribution in [0.4, 0.5) is 18.9 Å². The molecule has 0 aliphatic rings. The van der Waals surface area contributed by atoms with E-state index in [4.69, 9.17) is 15.9 Å². The van der Waals surface area contributed by atoms with Crippen molar-refractivity contribution in [1.29, 1.82) is 5.41 Å². The van der Waals surface area contributed by atoms with Crippen molar-refractivity contribution in [3.05, 3.63) is 29.3 Å². The van der Waals surface area contributed by atoms with Gasteiger partial charge in [0.15, 0.2) is 0 Å². The molecule has 1 aromatic carbocycles. The zero-order valence-corrected chi connectivity index (χ0v) is 12.3. The van der Waals surface area contributed by atoms with Crippen LogP contribution in [0, 0.1) is 5.41 Å². The number of nitrogens with two attached hydrogens (primary N) is 1. The molecular weight excluding hydrogens is 283 g/mol. The molecule has 1 aromatic rings. The number of amidine groups is 1. The summed E-state index contributed by atoms with van der Waals surface area (Å²) in [6.45, 7) is 4.85. The first-order valence-electron chi connectivity index (χ1n) is 6.49. The van der Waals surface area contributed by atoms with Gasteiger partial charge in [0, 0.05) is 30.9 Å². The number of hydrogen-bond acceptors (Lipinski definition) is 3. The number of nitrogens with zero attached hydrogens (tertiary/aromatic N) is 1. The van der Waals surface area contributed by atoms with Crippen molar-refractivity contribution in [3.8, 4) is 0 Å². The summed E-state index contributed by atoms with van der Waals surface area (Å²) in [7, 11) is 1.56. The lowest BCUT2D eigenvalue weighted by molar-refractivity contribution is -0.137. The molecule has 0 saturated carbocycles. The van der Waals surface area contributed by atoms with Crippen LogP contribution in [0.2, 0.25) is 0 Å². The summed E-state index contributed by atoms with van der Waals surface area (Å²) in [6, 6.07) is 3.75. The standard InChI is InChI=1S/C14H20F3N3O/c1-9(2)20(6-7-21-3)10-4-5-12(14(15,16)17)11(8-10)13(18)19/h4-5,8-9H,6-7H2,1-3H3,(H3,18,19). The van der Waals surface area contributed by atoms with Gasteiger partial charge < -0.3 is 15.4 Å². The van der Waals surface area contributed by atoms with Gasteiger partial charge in [0.2, 0.25) is 0 Å². The predicted molar refractivity (Wildman–Crippen MR) is 76.8 cm³/mol. The SMILES string of the molecule is COCCN(c1ccc(C(F)(F)F)c(C(=N)N)c1)C(C)C. The number of ether oxygens (including phenoxy) is 1. The first kappa shape index (κ1) is 17.3. The molecule has 0 spiro atoms. The Kier molecular flexibility index (Phi) is 5.60. The quantitative estimate of drug-likeness (QED) is 0.627. The summed E-state index contributed by atoms with van der Waals surface area (Å²) in [4.78, 5) is 1.90. The maximum atomic E-state index is 12.9. The maximum Gasteiger partial charge on any atom is 0.417 e. The van der Waals surface area contributed by atoms with E-state index in [1.165, 1.54) is 12.1 Å². The fourth-order valence-corrected chi connectivity index (χ4v) is 2.06. The number of nitrogen functional groups attached to an aromatic ring is 1. The average molecular weight is 303 g/mol. The molecule has 118 valence electrons. The molecule has 3 N–H and O–H groups in total. The molecule has 0 radical (unpaired) electrons. The fourth-order valence-electron chi connectivity index (χ4n) is 2.06. The highest BCUT2D eigenvalue weighted by molar-refractivity contribution is 5.97. The Morgan fingerprint density at radius 3 is 2.43 bits per heavy atom. The summed E-state index contributed by atoms with van der Waals surface area (Å²) >= 11 is 0. The smallest absolute Gasteiger partial charge is 0.384 e. The van der Waals surface area contributed by atoms with E-state index in [1.54, 1.807) is 7.11 Å². The molecule has 0 fully saturated rings. The van der Waals surface area contributed by atoms with Gasteiger partial charge in [-0.2, -0.15) is 13.2 Å². The van der Waals surface area contributed by atoms with Crippen LogP contribution in [-0.2, 0) is 10.9 Å². The number of hydrogen-bond donors (Lipinski definition) is 2. The van der Waals surface area contributed by atoms with E-state index in [2.05, 4.69) is 0 Å². The van der Waals surface area contributed by atoms with Crippen LogP contribution < -0.4 is 10.6 Å². The molecule has 7 heteroatoms. The van der Waals surface area contributed by atoms with Crippen molar-refractivity contribution in [2.24, 2.45) is 5.73 Å². The van der Waals surface area contributed by atoms with Gasteiger partial charge in [-0.25, -0.2) is 0 Å². The van der Waals surface area contributed by atoms with Crippen molar-refractivity contribution in [2.75, 3.05) is 25.2 Å². The van der Waals surface area contributed by atoms with Gasteiger partial charge in [0.05, 0.1) is 12.2 Å². The zero-order valence-electron chi connectivity index (χ0n) is 12.3. The van der Waals surface area contributed by atoms with Gasteiger partial charge >= 0.3 is 6.18 Å². The maximum absolute atomic E-state index is 12.9. The third-order valence-electron chi connectivity index (χ3n) is 3.09. The lowest BCUT2D eigenvalue weighted by atomic mass is 10.0. The Hall–Kier alpha value is -1.76. The largest absolute Gasteiger partial charge is 0.417 e. The number of rotatable bonds is 6. The summed E-state index contributed by atoms with van der Waals surface area (Å²) in [5.74, 6) is -0.598. The van der Waals surface area contributed by atoms with Crippen molar-refractivity contribution < 1.29 is 17.9 Å². The fraction of sp³-hybridized carbons (Fsp3) is 0.500. The van der Waals surface area contributed by atoms with Crippen LogP contribution >= 0.6 is 0 Å². The summed E-state index contributed by atoms with van der Waals surface area (Å²) < 4.78 is 43.8. The van der Waals surface area contributed by atoms with Crippen molar-refractivity contribution in [1.82, 2.24) is 0 Å². The van der Waals surface area contributed by atoms with Gasteiger partial charge in [-0.15, -0.1) is 0 Å². The molecule has 0 bridgehead atoms. The highest BCUT2D eigenvalue weighted by atomic mass is 19.4. The molecule has 0 amide bonds. The van der Waals surface area contributed by atoms with E-state index < -0.39 is 17.6 Å². The van der Waals surface area contributed by atoms with Gasteiger partial charge in [0.25, 0.3) is 0 Å². The van der Waals surface area contributed by atoms with Crippen LogP contribution in [0.25, 0.3) is 0 Å². The van der Waals surface area contributed by atoms with E-state index in [-0.39, 0.29) is 11.6 Å². The first-order chi connectivity index (χ1) is 9.68. The molecule has 0 saturated heterocycles. The minimum atomic E-state index is -4.53. The molecule has 0 aliphatic heterocycles. The average Bonchev–Trinajstić information content (AvgIpc) is 2.37. The highest BCUT2D eigenvalue weighted by Crippen LogP contribution is 2.34. The number of halogens is 3. The Labute approximate surface area is 122 Å². The number of benzene rings is 1. The molecule has 0 aliphatic carbocycles. The third kappa shape index (κ3) is 4.35. The van der Waals surface area contributed by atoms with Crippen LogP contribution in [0.3, 0.4) is 0 Å². The van der Waals surface area contributed by atoms with Gasteiger partial charge in [-0.05, 0) is 32.0 Å². The second kappa shape index (κ2) is 6.80. The molecule has 4 nitrogen and oxygen atoms in total. The van der Waals surface area contributed by atoms with Crippen molar-refractivity contribution >= 4 is 11.5 Å². The number of alkyl halides is 3. The normalized spacial score (nSPS) is 11.8. The van der Waals surface area contributed by atoms with E-state index >= 15 is 0 Å². The topological polar surface area (TPSA) is 62.3 Å². The number of anilines is 1. The summed E-state index contributed by atoms with van der Waals surface area (Å²) in [6.07, 6.45) is -4.53. The molecule has 21 heavy (non-hydrogen) atoms. The molecule has 0 heterocycles. The lowest BCUT2D eigenvalue weighted by Crippen LogP contribution is -2.34. The molecule has 0 unspecified atom stereocenters. The minimum absolute atomic E-state index is 0.0803. The third-order valence-corrected chi connectivity index (χ3v) is 3.09. The highest BCUT2D eigenvalue weighted by Gasteiger charge is 2.34. The van der Waals surface area contributed by atoms with Crippen molar-refractivity contribution in [3.63, 3.8) is 0 Å². The Morgan fingerprint density at radius 2 is 2.00 bits per heavy atom. The van der Waals surface area contributed by atoms with Gasteiger partial charge in [-0.3, -0.25) is 5.41 Å². The van der Waals surface area contributed by atoms with Gasteiger partial charge in [-0.1, -0.05) is 0 Å². The Bertz CT molecular complexity index is 501. The molecule has 0 aromatic heterocycles.